The summed E-state index contributed by atoms with van der Waals surface area (Å²) in [4.78, 5) is 16.6. The lowest BCUT2D eigenvalue weighted by Gasteiger charge is -2.36. The monoisotopic (exact) mass is 308 g/mol. The predicted octanol–water partition coefficient (Wildman–Crippen LogP) is 3.42. The fraction of sp³-hybridized carbons (Fsp3) is 0.588. The van der Waals surface area contributed by atoms with Gasteiger partial charge in [-0.3, -0.25) is 9.69 Å². The molecule has 21 heavy (non-hydrogen) atoms. The van der Waals surface area contributed by atoms with Crippen molar-refractivity contribution in [3.63, 3.8) is 0 Å². The van der Waals surface area contributed by atoms with Gasteiger partial charge >= 0.3 is 0 Å². The van der Waals surface area contributed by atoms with Gasteiger partial charge in [-0.15, -0.1) is 0 Å². The third-order valence-electron chi connectivity index (χ3n) is 3.76. The summed E-state index contributed by atoms with van der Waals surface area (Å²) in [5, 5.41) is 0.823. The Morgan fingerprint density at radius 1 is 1.14 bits per heavy atom. The fourth-order valence-corrected chi connectivity index (χ4v) is 2.78. The SMILES string of the molecule is CC(C)(C)CC(=O)N1CCN(Cc2ccccc2Cl)CC1. The lowest BCUT2D eigenvalue weighted by atomic mass is 9.91. The largest absolute Gasteiger partial charge is 0.340 e. The van der Waals surface area contributed by atoms with Gasteiger partial charge in [0.1, 0.15) is 0 Å². The molecule has 3 nitrogen and oxygen atoms in total. The van der Waals surface area contributed by atoms with E-state index in [2.05, 4.69) is 31.7 Å². The maximum Gasteiger partial charge on any atom is 0.223 e. The number of piperazine rings is 1. The van der Waals surface area contributed by atoms with E-state index in [0.29, 0.717) is 6.42 Å². The van der Waals surface area contributed by atoms with Crippen molar-refractivity contribution in [2.24, 2.45) is 5.41 Å². The van der Waals surface area contributed by atoms with Gasteiger partial charge in [-0.1, -0.05) is 50.6 Å². The first-order valence-electron chi connectivity index (χ1n) is 7.59. The molecule has 1 fully saturated rings. The molecule has 2 rings (SSSR count). The molecular formula is C17H25ClN2O. The first-order valence-corrected chi connectivity index (χ1v) is 7.96. The second-order valence-corrected chi connectivity index (χ2v) is 7.39. The summed E-state index contributed by atoms with van der Waals surface area (Å²) in [6.45, 7) is 10.7. The van der Waals surface area contributed by atoms with Crippen LogP contribution < -0.4 is 0 Å². The van der Waals surface area contributed by atoms with E-state index in [9.17, 15) is 4.79 Å². The van der Waals surface area contributed by atoms with E-state index in [-0.39, 0.29) is 11.3 Å². The van der Waals surface area contributed by atoms with E-state index < -0.39 is 0 Å². The van der Waals surface area contributed by atoms with Crippen molar-refractivity contribution in [3.05, 3.63) is 34.9 Å². The minimum Gasteiger partial charge on any atom is -0.340 e. The second-order valence-electron chi connectivity index (χ2n) is 6.99. The zero-order valence-electron chi connectivity index (χ0n) is 13.2. The Bertz CT molecular complexity index is 488. The summed E-state index contributed by atoms with van der Waals surface area (Å²) in [6.07, 6.45) is 0.623. The quantitative estimate of drug-likeness (QED) is 0.854. The Morgan fingerprint density at radius 3 is 2.33 bits per heavy atom. The molecule has 0 aromatic heterocycles. The Morgan fingerprint density at radius 2 is 1.76 bits per heavy atom. The molecule has 1 amide bonds. The maximum atomic E-state index is 12.2. The number of carbonyl (C=O) groups is 1. The molecule has 0 saturated carbocycles. The highest BCUT2D eigenvalue weighted by molar-refractivity contribution is 6.31. The Hall–Kier alpha value is -1.06. The van der Waals surface area contributed by atoms with Crippen LogP contribution in [-0.2, 0) is 11.3 Å². The van der Waals surface area contributed by atoms with Crippen molar-refractivity contribution in [2.45, 2.75) is 33.7 Å². The molecule has 1 heterocycles. The van der Waals surface area contributed by atoms with Gasteiger partial charge in [-0.05, 0) is 17.0 Å². The first kappa shape index (κ1) is 16.3. The highest BCUT2D eigenvalue weighted by Crippen LogP contribution is 2.21. The van der Waals surface area contributed by atoms with Crippen molar-refractivity contribution < 1.29 is 4.79 Å². The van der Waals surface area contributed by atoms with Crippen molar-refractivity contribution in [2.75, 3.05) is 26.2 Å². The highest BCUT2D eigenvalue weighted by atomic mass is 35.5. The van der Waals surface area contributed by atoms with Gasteiger partial charge in [0.15, 0.2) is 0 Å². The van der Waals surface area contributed by atoms with Gasteiger partial charge in [0.25, 0.3) is 0 Å². The van der Waals surface area contributed by atoms with Crippen molar-refractivity contribution in [1.82, 2.24) is 9.80 Å². The molecule has 1 aliphatic rings. The average Bonchev–Trinajstić information content (AvgIpc) is 2.40. The second kappa shape index (κ2) is 6.80. The first-order chi connectivity index (χ1) is 9.85. The van der Waals surface area contributed by atoms with E-state index in [0.717, 1.165) is 43.3 Å². The van der Waals surface area contributed by atoms with E-state index >= 15 is 0 Å². The Balaban J connectivity index is 1.83. The molecule has 0 aliphatic carbocycles. The molecule has 0 radical (unpaired) electrons. The molecule has 0 bridgehead atoms. The van der Waals surface area contributed by atoms with Crippen LogP contribution in [0.2, 0.25) is 5.02 Å². The van der Waals surface area contributed by atoms with Gasteiger partial charge in [-0.2, -0.15) is 0 Å². The van der Waals surface area contributed by atoms with Crippen LogP contribution in [0, 0.1) is 5.41 Å². The Labute approximate surface area is 132 Å². The number of rotatable bonds is 3. The van der Waals surface area contributed by atoms with Crippen LogP contribution >= 0.6 is 11.6 Å². The number of hydrogen-bond acceptors (Lipinski definition) is 2. The Kier molecular flexibility index (Phi) is 5.28. The number of carbonyl (C=O) groups excluding carboxylic acids is 1. The molecule has 1 aliphatic heterocycles. The normalized spacial score (nSPS) is 17.0. The zero-order valence-corrected chi connectivity index (χ0v) is 14.0. The number of benzene rings is 1. The highest BCUT2D eigenvalue weighted by Gasteiger charge is 2.24. The van der Waals surface area contributed by atoms with Crippen LogP contribution in [0.1, 0.15) is 32.8 Å². The fourth-order valence-electron chi connectivity index (χ4n) is 2.59. The summed E-state index contributed by atoms with van der Waals surface area (Å²) >= 11 is 6.20. The molecule has 0 atom stereocenters. The third kappa shape index (κ3) is 5.01. The van der Waals surface area contributed by atoms with Crippen LogP contribution in [0.25, 0.3) is 0 Å². The summed E-state index contributed by atoms with van der Waals surface area (Å²) < 4.78 is 0. The van der Waals surface area contributed by atoms with Crippen LogP contribution in [0.5, 0.6) is 0 Å². The predicted molar refractivity (Wildman–Crippen MR) is 87.4 cm³/mol. The van der Waals surface area contributed by atoms with Gasteiger partial charge < -0.3 is 4.90 Å². The average molecular weight is 309 g/mol. The van der Waals surface area contributed by atoms with Gasteiger partial charge in [0.2, 0.25) is 5.91 Å². The van der Waals surface area contributed by atoms with Gasteiger partial charge in [0, 0.05) is 44.2 Å². The standard InChI is InChI=1S/C17H25ClN2O/c1-17(2,3)12-16(21)20-10-8-19(9-11-20)13-14-6-4-5-7-15(14)18/h4-7H,8-13H2,1-3H3. The molecule has 0 spiro atoms. The third-order valence-corrected chi connectivity index (χ3v) is 4.13. The number of halogens is 1. The van der Waals surface area contributed by atoms with Gasteiger partial charge in [-0.25, -0.2) is 0 Å². The molecule has 0 unspecified atom stereocenters. The number of amides is 1. The summed E-state index contributed by atoms with van der Waals surface area (Å²) in [7, 11) is 0. The lowest BCUT2D eigenvalue weighted by molar-refractivity contribution is -0.134. The lowest BCUT2D eigenvalue weighted by Crippen LogP contribution is -2.48. The summed E-state index contributed by atoms with van der Waals surface area (Å²) in [5.41, 5.74) is 1.22. The maximum absolute atomic E-state index is 12.2. The van der Waals surface area contributed by atoms with Crippen LogP contribution in [0.4, 0.5) is 0 Å². The molecule has 0 N–H and O–H groups in total. The van der Waals surface area contributed by atoms with Crippen LogP contribution in [0.3, 0.4) is 0 Å². The number of nitrogens with zero attached hydrogens (tertiary/aromatic N) is 2. The van der Waals surface area contributed by atoms with Gasteiger partial charge in [0.05, 0.1) is 0 Å². The summed E-state index contributed by atoms with van der Waals surface area (Å²) in [6, 6.07) is 7.97. The zero-order chi connectivity index (χ0) is 15.5. The van der Waals surface area contributed by atoms with E-state index in [1.165, 1.54) is 0 Å². The van der Waals surface area contributed by atoms with E-state index in [1.54, 1.807) is 0 Å². The van der Waals surface area contributed by atoms with Crippen LogP contribution in [-0.4, -0.2) is 41.9 Å². The minimum absolute atomic E-state index is 0.0613. The van der Waals surface area contributed by atoms with Crippen LogP contribution in [0.15, 0.2) is 24.3 Å². The molecule has 1 aromatic rings. The van der Waals surface area contributed by atoms with E-state index in [4.69, 9.17) is 11.6 Å². The van der Waals surface area contributed by atoms with Crippen molar-refractivity contribution >= 4 is 17.5 Å². The smallest absolute Gasteiger partial charge is 0.223 e. The molecule has 116 valence electrons. The topological polar surface area (TPSA) is 23.6 Å². The number of hydrogen-bond donors (Lipinski definition) is 0. The minimum atomic E-state index is 0.0613. The molecule has 4 heteroatoms. The van der Waals surface area contributed by atoms with E-state index in [1.807, 2.05) is 23.1 Å². The van der Waals surface area contributed by atoms with Crippen molar-refractivity contribution in [1.29, 1.82) is 0 Å². The molecular weight excluding hydrogens is 284 g/mol. The summed E-state index contributed by atoms with van der Waals surface area (Å²) in [5.74, 6) is 0.278. The van der Waals surface area contributed by atoms with Crippen molar-refractivity contribution in [3.8, 4) is 0 Å². The molecule has 1 aromatic carbocycles. The molecule has 1 saturated heterocycles.